The summed E-state index contributed by atoms with van der Waals surface area (Å²) in [7, 11) is 0. The minimum atomic E-state index is 0.546. The lowest BCUT2D eigenvalue weighted by molar-refractivity contribution is 1.07. The summed E-state index contributed by atoms with van der Waals surface area (Å²) in [6.45, 7) is 2.54. The zero-order valence-corrected chi connectivity index (χ0v) is 10.2. The Hall–Kier alpha value is -1.72. The smallest absolute Gasteiger partial charge is 0.150 e. The Morgan fingerprint density at radius 2 is 2.29 bits per heavy atom. The van der Waals surface area contributed by atoms with E-state index in [1.54, 1.807) is 11.3 Å². The molecule has 0 saturated heterocycles. The Kier molecular flexibility index (Phi) is 2.42. The predicted molar refractivity (Wildman–Crippen MR) is 69.8 cm³/mol. The number of fused-ring (bicyclic) bond motifs is 1. The monoisotopic (exact) mass is 244 g/mol. The normalized spacial score (nSPS) is 11.2. The molecule has 3 aromatic rings. The van der Waals surface area contributed by atoms with Crippen LogP contribution in [0.25, 0.3) is 21.7 Å². The van der Waals surface area contributed by atoms with E-state index in [1.807, 2.05) is 30.6 Å². The lowest BCUT2D eigenvalue weighted by atomic mass is 10.2. The van der Waals surface area contributed by atoms with Gasteiger partial charge < -0.3 is 10.7 Å². The molecular weight excluding hydrogens is 232 g/mol. The van der Waals surface area contributed by atoms with Crippen molar-refractivity contribution < 1.29 is 0 Å². The van der Waals surface area contributed by atoms with Gasteiger partial charge in [0, 0.05) is 6.54 Å². The van der Waals surface area contributed by atoms with E-state index < -0.39 is 0 Å². The molecule has 86 valence electrons. The van der Waals surface area contributed by atoms with Gasteiger partial charge in [0.15, 0.2) is 5.82 Å². The van der Waals surface area contributed by atoms with Crippen molar-refractivity contribution in [1.29, 1.82) is 0 Å². The van der Waals surface area contributed by atoms with E-state index in [0.717, 1.165) is 33.0 Å². The van der Waals surface area contributed by atoms with Crippen LogP contribution in [-0.4, -0.2) is 15.0 Å². The first-order chi connectivity index (χ1) is 8.28. The first-order valence-electron chi connectivity index (χ1n) is 5.37. The molecule has 0 spiro atoms. The minimum Gasteiger partial charge on any atom is -0.337 e. The van der Waals surface area contributed by atoms with Crippen LogP contribution in [0.15, 0.2) is 23.7 Å². The molecule has 0 aliphatic rings. The molecule has 0 fully saturated rings. The van der Waals surface area contributed by atoms with Crippen molar-refractivity contribution in [2.24, 2.45) is 5.73 Å². The topological polar surface area (TPSA) is 67.6 Å². The second-order valence-electron chi connectivity index (χ2n) is 3.91. The predicted octanol–water partition coefficient (Wildman–Crippen LogP) is 2.45. The number of hydrogen-bond donors (Lipinski definition) is 2. The first kappa shape index (κ1) is 10.4. The highest BCUT2D eigenvalue weighted by Crippen LogP contribution is 2.26. The van der Waals surface area contributed by atoms with Crippen molar-refractivity contribution in [2.45, 2.75) is 13.5 Å². The van der Waals surface area contributed by atoms with Gasteiger partial charge in [-0.15, -0.1) is 11.3 Å². The van der Waals surface area contributed by atoms with Crippen LogP contribution < -0.4 is 5.73 Å². The maximum absolute atomic E-state index is 5.62. The number of imidazole rings is 1. The number of nitrogens with one attached hydrogen (secondary N) is 1. The fourth-order valence-corrected chi connectivity index (χ4v) is 2.57. The maximum Gasteiger partial charge on any atom is 0.150 e. The summed E-state index contributed by atoms with van der Waals surface area (Å²) < 4.78 is 0. The third kappa shape index (κ3) is 1.73. The lowest BCUT2D eigenvalue weighted by Crippen LogP contribution is -1.95. The van der Waals surface area contributed by atoms with Gasteiger partial charge in [-0.05, 0) is 24.6 Å². The van der Waals surface area contributed by atoms with Crippen molar-refractivity contribution in [3.05, 3.63) is 35.0 Å². The van der Waals surface area contributed by atoms with E-state index in [0.29, 0.717) is 6.54 Å². The van der Waals surface area contributed by atoms with Gasteiger partial charge in [0.05, 0.1) is 27.1 Å². The molecule has 4 nitrogen and oxygen atoms in total. The number of aryl methyl sites for hydroxylation is 1. The van der Waals surface area contributed by atoms with E-state index in [-0.39, 0.29) is 0 Å². The zero-order chi connectivity index (χ0) is 11.8. The Labute approximate surface area is 103 Å². The average molecular weight is 244 g/mol. The molecule has 0 radical (unpaired) electrons. The molecule has 3 rings (SSSR count). The zero-order valence-electron chi connectivity index (χ0n) is 9.40. The largest absolute Gasteiger partial charge is 0.337 e. The summed E-state index contributed by atoms with van der Waals surface area (Å²) in [6.07, 6.45) is 0. The van der Waals surface area contributed by atoms with Gasteiger partial charge in [-0.3, -0.25) is 0 Å². The summed E-state index contributed by atoms with van der Waals surface area (Å²) in [6, 6.07) is 6.04. The van der Waals surface area contributed by atoms with Crippen LogP contribution in [0.3, 0.4) is 0 Å². The molecule has 0 unspecified atom stereocenters. The number of nitrogens with two attached hydrogens (primary N) is 1. The molecule has 3 N–H and O–H groups in total. The van der Waals surface area contributed by atoms with Crippen LogP contribution >= 0.6 is 11.3 Å². The summed E-state index contributed by atoms with van der Waals surface area (Å²) in [4.78, 5) is 13.2. The molecule has 0 aliphatic carbocycles. The second kappa shape index (κ2) is 3.94. The fraction of sp³-hybridized carbons (Fsp3) is 0.167. The van der Waals surface area contributed by atoms with Crippen LogP contribution in [0.4, 0.5) is 0 Å². The molecule has 0 saturated carbocycles. The standard InChI is InChI=1S/C12H12N4S/c1-7-11(17-6-14-7)12-15-9-3-2-8(5-13)4-10(9)16-12/h2-4,6H,5,13H2,1H3,(H,15,16). The molecule has 5 heteroatoms. The number of nitrogens with zero attached hydrogens (tertiary/aromatic N) is 2. The van der Waals surface area contributed by atoms with E-state index in [2.05, 4.69) is 15.0 Å². The number of benzene rings is 1. The van der Waals surface area contributed by atoms with Crippen molar-refractivity contribution in [2.75, 3.05) is 0 Å². The quantitative estimate of drug-likeness (QED) is 0.727. The lowest BCUT2D eigenvalue weighted by Gasteiger charge is -1.94. The summed E-state index contributed by atoms with van der Waals surface area (Å²) >= 11 is 1.60. The van der Waals surface area contributed by atoms with Gasteiger partial charge in [-0.25, -0.2) is 9.97 Å². The third-order valence-corrected chi connectivity index (χ3v) is 3.68. The highest BCUT2D eigenvalue weighted by Gasteiger charge is 2.10. The van der Waals surface area contributed by atoms with Crippen LogP contribution in [-0.2, 0) is 6.54 Å². The summed E-state index contributed by atoms with van der Waals surface area (Å²) in [5, 5.41) is 0. The van der Waals surface area contributed by atoms with Gasteiger partial charge in [0.1, 0.15) is 0 Å². The number of thiazole rings is 1. The van der Waals surface area contributed by atoms with Gasteiger partial charge in [0.2, 0.25) is 0 Å². The highest BCUT2D eigenvalue weighted by molar-refractivity contribution is 7.13. The molecule has 0 amide bonds. The Balaban J connectivity index is 2.17. The van der Waals surface area contributed by atoms with E-state index in [1.165, 1.54) is 0 Å². The van der Waals surface area contributed by atoms with Crippen molar-refractivity contribution in [1.82, 2.24) is 15.0 Å². The second-order valence-corrected chi connectivity index (χ2v) is 4.76. The van der Waals surface area contributed by atoms with Crippen LogP contribution in [0.5, 0.6) is 0 Å². The molecule has 0 atom stereocenters. The van der Waals surface area contributed by atoms with Crippen molar-refractivity contribution >= 4 is 22.4 Å². The number of aromatic nitrogens is 3. The van der Waals surface area contributed by atoms with Gasteiger partial charge >= 0.3 is 0 Å². The SMILES string of the molecule is Cc1ncsc1-c1nc2ccc(CN)cc2[nH]1. The first-order valence-corrected chi connectivity index (χ1v) is 6.25. The third-order valence-electron chi connectivity index (χ3n) is 2.74. The van der Waals surface area contributed by atoms with Crippen LogP contribution in [0.2, 0.25) is 0 Å². The van der Waals surface area contributed by atoms with Crippen molar-refractivity contribution in [3.8, 4) is 10.7 Å². The number of hydrogen-bond acceptors (Lipinski definition) is 4. The molecule has 2 aromatic heterocycles. The Morgan fingerprint density at radius 3 is 3.00 bits per heavy atom. The molecular formula is C12H12N4S. The number of rotatable bonds is 2. The number of aromatic amines is 1. The Bertz CT molecular complexity index is 668. The highest BCUT2D eigenvalue weighted by atomic mass is 32.1. The van der Waals surface area contributed by atoms with Crippen LogP contribution in [0.1, 0.15) is 11.3 Å². The average Bonchev–Trinajstić information content (AvgIpc) is 2.93. The molecule has 0 aliphatic heterocycles. The van der Waals surface area contributed by atoms with E-state index in [9.17, 15) is 0 Å². The Morgan fingerprint density at radius 1 is 1.41 bits per heavy atom. The summed E-state index contributed by atoms with van der Waals surface area (Å²) in [5.74, 6) is 0.883. The van der Waals surface area contributed by atoms with Gasteiger partial charge in [-0.1, -0.05) is 6.07 Å². The summed E-state index contributed by atoms with van der Waals surface area (Å²) in [5.41, 5.74) is 11.6. The van der Waals surface area contributed by atoms with Gasteiger partial charge in [-0.2, -0.15) is 0 Å². The van der Waals surface area contributed by atoms with Crippen LogP contribution in [0, 0.1) is 6.92 Å². The minimum absolute atomic E-state index is 0.546. The molecule has 1 aromatic carbocycles. The fourth-order valence-electron chi connectivity index (χ4n) is 1.82. The molecule has 17 heavy (non-hydrogen) atoms. The molecule has 2 heterocycles. The van der Waals surface area contributed by atoms with E-state index >= 15 is 0 Å². The van der Waals surface area contributed by atoms with Crippen molar-refractivity contribution in [3.63, 3.8) is 0 Å². The van der Waals surface area contributed by atoms with Gasteiger partial charge in [0.25, 0.3) is 0 Å². The number of H-pyrrole nitrogens is 1. The maximum atomic E-state index is 5.62. The molecule has 0 bridgehead atoms. The van der Waals surface area contributed by atoms with E-state index in [4.69, 9.17) is 5.73 Å².